The molecule has 3 heterocycles. The third-order valence-electron chi connectivity index (χ3n) is 5.71. The van der Waals surface area contributed by atoms with Crippen molar-refractivity contribution in [1.29, 1.82) is 0 Å². The molecule has 2 N–H and O–H groups in total. The monoisotopic (exact) mass is 437 g/mol. The topological polar surface area (TPSA) is 88.1 Å². The van der Waals surface area contributed by atoms with E-state index in [4.69, 9.17) is 14.5 Å². The van der Waals surface area contributed by atoms with Crippen molar-refractivity contribution >= 4 is 23.2 Å². The second-order valence-electron chi connectivity index (χ2n) is 9.21. The van der Waals surface area contributed by atoms with Crippen LogP contribution in [-0.2, 0) is 4.79 Å². The van der Waals surface area contributed by atoms with Gasteiger partial charge in [-0.05, 0) is 70.0 Å². The van der Waals surface area contributed by atoms with Crippen molar-refractivity contribution in [2.75, 3.05) is 37.4 Å². The highest BCUT2D eigenvalue weighted by molar-refractivity contribution is 6.09. The largest absolute Gasteiger partial charge is 0.497 e. The first-order valence-corrected chi connectivity index (χ1v) is 10.9. The van der Waals surface area contributed by atoms with Gasteiger partial charge in [-0.15, -0.1) is 0 Å². The maximum atomic E-state index is 12.8. The standard InChI is InChI=1S/C24H31N5O3/c1-23(2,3)28-22-24(27-19-6-5-13-25-21(19)26-22)11-14-29(15-12-24)20(30)16-32-18-9-7-17(31-4)8-10-18/h5-10,13,27H,11-12,14-16H2,1-4H3,(H,25,26,28). The zero-order valence-corrected chi connectivity index (χ0v) is 19.1. The smallest absolute Gasteiger partial charge is 0.260 e. The molecule has 1 saturated heterocycles. The van der Waals surface area contributed by atoms with Crippen LogP contribution in [0.25, 0.3) is 0 Å². The predicted molar refractivity (Wildman–Crippen MR) is 126 cm³/mol. The molecule has 2 aliphatic rings. The lowest BCUT2D eigenvalue weighted by Gasteiger charge is -2.46. The second kappa shape index (κ2) is 8.68. The Kier molecular flexibility index (Phi) is 5.95. The molecule has 4 rings (SSSR count). The summed E-state index contributed by atoms with van der Waals surface area (Å²) >= 11 is 0. The molecule has 0 aliphatic carbocycles. The summed E-state index contributed by atoms with van der Waals surface area (Å²) in [5.41, 5.74) is 0.377. The lowest BCUT2D eigenvalue weighted by molar-refractivity contribution is -0.134. The number of nitrogens with zero attached hydrogens (tertiary/aromatic N) is 3. The number of ether oxygens (including phenoxy) is 2. The number of hydrogen-bond donors (Lipinski definition) is 2. The first-order valence-electron chi connectivity index (χ1n) is 10.9. The van der Waals surface area contributed by atoms with Gasteiger partial charge in [0.1, 0.15) is 17.3 Å². The molecule has 1 fully saturated rings. The molecule has 0 bridgehead atoms. The van der Waals surface area contributed by atoms with Crippen molar-refractivity contribution in [3.05, 3.63) is 42.6 Å². The number of pyridine rings is 1. The summed E-state index contributed by atoms with van der Waals surface area (Å²) < 4.78 is 10.8. The Balaban J connectivity index is 1.43. The first kappa shape index (κ1) is 21.9. The summed E-state index contributed by atoms with van der Waals surface area (Å²) in [6.07, 6.45) is 3.26. The highest BCUT2D eigenvalue weighted by Crippen LogP contribution is 2.36. The summed E-state index contributed by atoms with van der Waals surface area (Å²) in [5.74, 6) is 3.05. The molecule has 8 nitrogen and oxygen atoms in total. The molecule has 0 saturated carbocycles. The number of benzene rings is 1. The van der Waals surface area contributed by atoms with E-state index in [0.29, 0.717) is 18.8 Å². The third-order valence-corrected chi connectivity index (χ3v) is 5.71. The third kappa shape index (κ3) is 4.79. The quantitative estimate of drug-likeness (QED) is 0.760. The van der Waals surface area contributed by atoms with Gasteiger partial charge in [0.25, 0.3) is 5.91 Å². The Labute approximate surface area is 189 Å². The van der Waals surface area contributed by atoms with Crippen molar-refractivity contribution in [3.8, 4) is 11.5 Å². The van der Waals surface area contributed by atoms with Gasteiger partial charge in [0, 0.05) is 19.3 Å². The van der Waals surface area contributed by atoms with Crippen molar-refractivity contribution < 1.29 is 14.3 Å². The maximum Gasteiger partial charge on any atom is 0.260 e. The highest BCUT2D eigenvalue weighted by Gasteiger charge is 2.44. The molecule has 2 aromatic rings. The minimum atomic E-state index is -0.350. The number of rotatable bonds is 4. The van der Waals surface area contributed by atoms with Crippen molar-refractivity contribution in [1.82, 2.24) is 9.88 Å². The molecule has 2 aliphatic heterocycles. The number of carbonyl (C=O) groups excluding carboxylic acids is 1. The number of anilines is 2. The summed E-state index contributed by atoms with van der Waals surface area (Å²) in [7, 11) is 1.62. The minimum Gasteiger partial charge on any atom is -0.497 e. The summed E-state index contributed by atoms with van der Waals surface area (Å²) in [5, 5.41) is 7.13. The van der Waals surface area contributed by atoms with Crippen molar-refractivity contribution in [2.24, 2.45) is 4.99 Å². The van der Waals surface area contributed by atoms with E-state index < -0.39 is 0 Å². The number of aliphatic imine (C=N–C) groups is 1. The van der Waals surface area contributed by atoms with Crippen molar-refractivity contribution in [3.63, 3.8) is 0 Å². The lowest BCUT2D eigenvalue weighted by Crippen LogP contribution is -2.60. The van der Waals surface area contributed by atoms with Gasteiger partial charge in [0.05, 0.1) is 23.9 Å². The van der Waals surface area contributed by atoms with Crippen LogP contribution in [0, 0.1) is 0 Å². The van der Waals surface area contributed by atoms with Crippen LogP contribution in [-0.4, -0.2) is 59.5 Å². The van der Waals surface area contributed by atoms with E-state index in [9.17, 15) is 4.79 Å². The van der Waals surface area contributed by atoms with Gasteiger partial charge in [0.2, 0.25) is 0 Å². The van der Waals surface area contributed by atoms with Gasteiger partial charge in [-0.2, -0.15) is 0 Å². The van der Waals surface area contributed by atoms with E-state index in [-0.39, 0.29) is 23.6 Å². The summed E-state index contributed by atoms with van der Waals surface area (Å²) in [4.78, 5) is 24.0. The van der Waals surface area contributed by atoms with Gasteiger partial charge in [0.15, 0.2) is 12.4 Å². The zero-order valence-electron chi connectivity index (χ0n) is 19.1. The SMILES string of the molecule is COc1ccc(OCC(=O)N2CCC3(CC2)Nc2cccnc2NC3=NC(C)(C)C)cc1. The number of piperidine rings is 1. The van der Waals surface area contributed by atoms with Gasteiger partial charge in [-0.3, -0.25) is 9.79 Å². The second-order valence-corrected chi connectivity index (χ2v) is 9.21. The molecule has 32 heavy (non-hydrogen) atoms. The van der Waals surface area contributed by atoms with Gasteiger partial charge >= 0.3 is 0 Å². The lowest BCUT2D eigenvalue weighted by atomic mass is 9.83. The molecule has 170 valence electrons. The van der Waals surface area contributed by atoms with Crippen LogP contribution in [0.4, 0.5) is 11.5 Å². The normalized spacial score (nSPS) is 18.5. The van der Waals surface area contributed by atoms with Crippen LogP contribution >= 0.6 is 0 Å². The van der Waals surface area contributed by atoms with E-state index in [0.717, 1.165) is 35.9 Å². The van der Waals surface area contributed by atoms with E-state index in [2.05, 4.69) is 36.4 Å². The fourth-order valence-electron chi connectivity index (χ4n) is 4.03. The molecule has 1 aromatic heterocycles. The van der Waals surface area contributed by atoms with E-state index in [1.165, 1.54) is 0 Å². The molecule has 1 aromatic carbocycles. The fraction of sp³-hybridized carbons (Fsp3) is 0.458. The first-order chi connectivity index (χ1) is 15.3. The number of fused-ring (bicyclic) bond motifs is 1. The number of likely N-dealkylation sites (tertiary alicyclic amines) is 1. The molecule has 0 atom stereocenters. The highest BCUT2D eigenvalue weighted by atomic mass is 16.5. The predicted octanol–water partition coefficient (Wildman–Crippen LogP) is 3.56. The molecule has 1 amide bonds. The Morgan fingerprint density at radius 3 is 2.50 bits per heavy atom. The average molecular weight is 438 g/mol. The number of amides is 1. The van der Waals surface area contributed by atoms with Crippen LogP contribution in [0.2, 0.25) is 0 Å². The molecule has 1 spiro atoms. The van der Waals surface area contributed by atoms with Crippen molar-refractivity contribution in [2.45, 2.75) is 44.7 Å². The summed E-state index contributed by atoms with van der Waals surface area (Å²) in [6.45, 7) is 7.51. The minimum absolute atomic E-state index is 0.0146. The number of amidine groups is 1. The Morgan fingerprint density at radius 1 is 1.16 bits per heavy atom. The number of carbonyl (C=O) groups is 1. The van der Waals surface area contributed by atoms with Crippen LogP contribution in [0.15, 0.2) is 47.6 Å². The van der Waals surface area contributed by atoms with Gasteiger partial charge in [-0.25, -0.2) is 4.98 Å². The van der Waals surface area contributed by atoms with Crippen LogP contribution in [0.3, 0.4) is 0 Å². The Bertz CT molecular complexity index is 989. The number of methoxy groups -OCH3 is 1. The number of hydrogen-bond acceptors (Lipinski definition) is 6. The fourth-order valence-corrected chi connectivity index (χ4v) is 4.03. The number of nitrogens with one attached hydrogen (secondary N) is 2. The Morgan fingerprint density at radius 2 is 1.84 bits per heavy atom. The maximum absolute atomic E-state index is 12.8. The Hall–Kier alpha value is -3.29. The van der Waals surface area contributed by atoms with Gasteiger partial charge in [-0.1, -0.05) is 0 Å². The van der Waals surface area contributed by atoms with E-state index in [1.54, 1.807) is 25.4 Å². The average Bonchev–Trinajstić information content (AvgIpc) is 2.78. The molecule has 0 radical (unpaired) electrons. The van der Waals surface area contributed by atoms with Crippen LogP contribution < -0.4 is 20.1 Å². The molecule has 8 heteroatoms. The van der Waals surface area contributed by atoms with Crippen LogP contribution in [0.5, 0.6) is 11.5 Å². The van der Waals surface area contributed by atoms with E-state index >= 15 is 0 Å². The van der Waals surface area contributed by atoms with E-state index in [1.807, 2.05) is 29.2 Å². The number of aromatic nitrogens is 1. The molecular weight excluding hydrogens is 406 g/mol. The molecule has 0 unspecified atom stereocenters. The van der Waals surface area contributed by atoms with Gasteiger partial charge < -0.3 is 25.0 Å². The van der Waals surface area contributed by atoms with Crippen LogP contribution in [0.1, 0.15) is 33.6 Å². The summed E-state index contributed by atoms with van der Waals surface area (Å²) in [6, 6.07) is 11.2. The zero-order chi connectivity index (χ0) is 22.8. The molecular formula is C24H31N5O3.